The summed E-state index contributed by atoms with van der Waals surface area (Å²) in [6.07, 6.45) is 1.84. The van der Waals surface area contributed by atoms with Crippen molar-refractivity contribution in [2.24, 2.45) is 0 Å². The van der Waals surface area contributed by atoms with Gasteiger partial charge < -0.3 is 9.47 Å². The molecular weight excluding hydrogens is 344 g/mol. The van der Waals surface area contributed by atoms with E-state index >= 15 is 0 Å². The molecule has 0 fully saturated rings. The van der Waals surface area contributed by atoms with Gasteiger partial charge >= 0.3 is 11.9 Å². The molecule has 0 rings (SSSR count). The smallest absolute Gasteiger partial charge is 0.333 e. The van der Waals surface area contributed by atoms with Crippen LogP contribution in [-0.4, -0.2) is 34.7 Å². The standard InChI is InChI=1S/C18H32O8/c1-15(2,3)23-25-17(7,8)21-13(19)11-12-14(20)22-18(9,10)26-24-16(4,5)6/h11-12H,1-10H3/b12-11+. The Labute approximate surface area is 155 Å². The SMILES string of the molecule is CC(C)(C)OOC(C)(C)OC(=O)/C=C/C(=O)OC(C)(C)OOC(C)(C)C. The van der Waals surface area contributed by atoms with Gasteiger partial charge in [-0.15, -0.1) is 0 Å². The van der Waals surface area contributed by atoms with E-state index in [0.29, 0.717) is 0 Å². The highest BCUT2D eigenvalue weighted by molar-refractivity contribution is 5.91. The maximum absolute atomic E-state index is 11.8. The summed E-state index contributed by atoms with van der Waals surface area (Å²) < 4.78 is 10.1. The molecule has 0 atom stereocenters. The molecule has 152 valence electrons. The molecule has 8 heteroatoms. The van der Waals surface area contributed by atoms with Crippen molar-refractivity contribution >= 4 is 11.9 Å². The van der Waals surface area contributed by atoms with Gasteiger partial charge in [0.25, 0.3) is 0 Å². The highest BCUT2D eigenvalue weighted by Gasteiger charge is 2.29. The summed E-state index contributed by atoms with van der Waals surface area (Å²) in [5.74, 6) is -4.26. The largest absolute Gasteiger partial charge is 0.428 e. The van der Waals surface area contributed by atoms with Crippen LogP contribution in [-0.2, 0) is 38.6 Å². The van der Waals surface area contributed by atoms with Crippen molar-refractivity contribution in [3.63, 3.8) is 0 Å². The quantitative estimate of drug-likeness (QED) is 0.209. The molecule has 0 heterocycles. The van der Waals surface area contributed by atoms with Crippen LogP contribution in [0.4, 0.5) is 0 Å². The molecule has 0 N–H and O–H groups in total. The van der Waals surface area contributed by atoms with Crippen LogP contribution < -0.4 is 0 Å². The van der Waals surface area contributed by atoms with Crippen LogP contribution >= 0.6 is 0 Å². The lowest BCUT2D eigenvalue weighted by atomic mass is 10.2. The van der Waals surface area contributed by atoms with E-state index in [1.807, 2.05) is 0 Å². The molecule has 0 saturated carbocycles. The molecular formula is C18H32O8. The second-order valence-electron chi connectivity index (χ2n) is 8.53. The molecule has 26 heavy (non-hydrogen) atoms. The Hall–Kier alpha value is -1.48. The summed E-state index contributed by atoms with van der Waals surface area (Å²) in [4.78, 5) is 44.0. The van der Waals surface area contributed by atoms with Gasteiger partial charge in [0.2, 0.25) is 11.6 Å². The minimum Gasteiger partial charge on any atom is -0.428 e. The molecule has 0 aliphatic rings. The van der Waals surface area contributed by atoms with E-state index in [1.165, 1.54) is 27.7 Å². The van der Waals surface area contributed by atoms with E-state index in [-0.39, 0.29) is 0 Å². The topological polar surface area (TPSA) is 89.5 Å². The van der Waals surface area contributed by atoms with Gasteiger partial charge in [-0.3, -0.25) is 0 Å². The van der Waals surface area contributed by atoms with Crippen molar-refractivity contribution in [2.45, 2.75) is 92.0 Å². The van der Waals surface area contributed by atoms with Crippen LogP contribution in [0.3, 0.4) is 0 Å². The van der Waals surface area contributed by atoms with Crippen molar-refractivity contribution in [3.05, 3.63) is 12.2 Å². The van der Waals surface area contributed by atoms with Crippen molar-refractivity contribution in [3.8, 4) is 0 Å². The van der Waals surface area contributed by atoms with Crippen molar-refractivity contribution in [1.29, 1.82) is 0 Å². The van der Waals surface area contributed by atoms with Crippen LogP contribution in [0.25, 0.3) is 0 Å². The molecule has 0 aliphatic carbocycles. The summed E-state index contributed by atoms with van der Waals surface area (Å²) in [6.45, 7) is 16.7. The zero-order valence-corrected chi connectivity index (χ0v) is 17.4. The lowest BCUT2D eigenvalue weighted by Crippen LogP contribution is -2.35. The number of carbonyl (C=O) groups excluding carboxylic acids is 2. The van der Waals surface area contributed by atoms with Crippen LogP contribution in [0.5, 0.6) is 0 Å². The van der Waals surface area contributed by atoms with Crippen molar-refractivity contribution in [1.82, 2.24) is 0 Å². The number of hydrogen-bond donors (Lipinski definition) is 0. The molecule has 0 radical (unpaired) electrons. The van der Waals surface area contributed by atoms with E-state index < -0.39 is 34.7 Å². The molecule has 0 amide bonds. The summed E-state index contributed by atoms with van der Waals surface area (Å²) in [6, 6.07) is 0. The maximum Gasteiger partial charge on any atom is 0.333 e. The van der Waals surface area contributed by atoms with Gasteiger partial charge in [0, 0.05) is 39.8 Å². The highest BCUT2D eigenvalue weighted by atomic mass is 17.2. The van der Waals surface area contributed by atoms with E-state index in [1.54, 1.807) is 41.5 Å². The van der Waals surface area contributed by atoms with Gasteiger partial charge in [-0.25, -0.2) is 19.4 Å². The van der Waals surface area contributed by atoms with Crippen molar-refractivity contribution < 1.29 is 38.6 Å². The average molecular weight is 376 g/mol. The molecule has 0 aliphatic heterocycles. The predicted molar refractivity (Wildman–Crippen MR) is 93.3 cm³/mol. The second-order valence-corrected chi connectivity index (χ2v) is 8.53. The Morgan fingerprint density at radius 3 is 1.04 bits per heavy atom. The molecule has 8 nitrogen and oxygen atoms in total. The molecule has 0 spiro atoms. The summed E-state index contributed by atoms with van der Waals surface area (Å²) in [7, 11) is 0. The Kier molecular flexibility index (Phi) is 8.43. The van der Waals surface area contributed by atoms with E-state index in [0.717, 1.165) is 12.2 Å². The predicted octanol–water partition coefficient (Wildman–Crippen LogP) is 3.59. The molecule has 0 aromatic heterocycles. The monoisotopic (exact) mass is 376 g/mol. The zero-order valence-electron chi connectivity index (χ0n) is 17.4. The van der Waals surface area contributed by atoms with Gasteiger partial charge in [-0.2, -0.15) is 9.78 Å². The summed E-state index contributed by atoms with van der Waals surface area (Å²) >= 11 is 0. The third kappa shape index (κ3) is 13.8. The minimum atomic E-state index is -1.33. The lowest BCUT2D eigenvalue weighted by molar-refractivity contribution is -0.440. The Morgan fingerprint density at radius 1 is 0.538 bits per heavy atom. The number of ether oxygens (including phenoxy) is 2. The maximum atomic E-state index is 11.8. The van der Waals surface area contributed by atoms with Gasteiger partial charge in [-0.05, 0) is 41.5 Å². The fraction of sp³-hybridized carbons (Fsp3) is 0.778. The van der Waals surface area contributed by atoms with Crippen molar-refractivity contribution in [2.75, 3.05) is 0 Å². The van der Waals surface area contributed by atoms with Gasteiger partial charge in [-0.1, -0.05) is 0 Å². The van der Waals surface area contributed by atoms with Gasteiger partial charge in [0.15, 0.2) is 0 Å². The number of rotatable bonds is 8. The normalized spacial score (nSPS) is 13.8. The summed E-state index contributed by atoms with van der Waals surface area (Å²) in [5.41, 5.74) is -1.13. The van der Waals surface area contributed by atoms with Crippen LogP contribution in [0.1, 0.15) is 69.2 Å². The number of hydrogen-bond acceptors (Lipinski definition) is 8. The zero-order chi connectivity index (χ0) is 20.8. The van der Waals surface area contributed by atoms with E-state index in [2.05, 4.69) is 0 Å². The lowest BCUT2D eigenvalue weighted by Gasteiger charge is -2.28. The Morgan fingerprint density at radius 2 is 0.808 bits per heavy atom. The third-order valence-electron chi connectivity index (χ3n) is 2.03. The number of esters is 2. The first-order chi connectivity index (χ1) is 11.4. The molecule has 0 aromatic rings. The van der Waals surface area contributed by atoms with E-state index in [9.17, 15) is 9.59 Å². The first-order valence-corrected chi connectivity index (χ1v) is 8.29. The molecule has 0 aromatic carbocycles. The van der Waals surface area contributed by atoms with E-state index in [4.69, 9.17) is 29.0 Å². The van der Waals surface area contributed by atoms with Crippen LogP contribution in [0, 0.1) is 0 Å². The van der Waals surface area contributed by atoms with Crippen LogP contribution in [0.15, 0.2) is 12.2 Å². The highest BCUT2D eigenvalue weighted by Crippen LogP contribution is 2.19. The van der Waals surface area contributed by atoms with Gasteiger partial charge in [0.1, 0.15) is 0 Å². The average Bonchev–Trinajstić information content (AvgIpc) is 2.39. The first kappa shape index (κ1) is 24.5. The third-order valence-corrected chi connectivity index (χ3v) is 2.03. The second kappa shape index (κ2) is 8.94. The number of carbonyl (C=O) groups is 2. The van der Waals surface area contributed by atoms with Gasteiger partial charge in [0.05, 0.1) is 11.2 Å². The fourth-order valence-electron chi connectivity index (χ4n) is 1.17. The Bertz CT molecular complexity index is 460. The first-order valence-electron chi connectivity index (χ1n) is 8.29. The molecule has 0 saturated heterocycles. The minimum absolute atomic E-state index is 0.565. The van der Waals surface area contributed by atoms with Crippen LogP contribution in [0.2, 0.25) is 0 Å². The Balaban J connectivity index is 4.52. The summed E-state index contributed by atoms with van der Waals surface area (Å²) in [5, 5.41) is 0. The molecule has 0 unspecified atom stereocenters. The molecule has 0 bridgehead atoms. The fourth-order valence-corrected chi connectivity index (χ4v) is 1.17.